The van der Waals surface area contributed by atoms with Gasteiger partial charge in [0, 0.05) is 12.6 Å². The first-order chi connectivity index (χ1) is 6.65. The van der Waals surface area contributed by atoms with Crippen LogP contribution in [-0.4, -0.2) is 25.0 Å². The highest BCUT2D eigenvalue weighted by Gasteiger charge is 2.24. The average molecular weight is 198 g/mol. The third-order valence-electron chi connectivity index (χ3n) is 3.30. The number of nitrogens with one attached hydrogen (secondary N) is 2. The van der Waals surface area contributed by atoms with Gasteiger partial charge in [0.1, 0.15) is 0 Å². The van der Waals surface area contributed by atoms with Gasteiger partial charge < -0.3 is 10.6 Å². The first-order valence-electron chi connectivity index (χ1n) is 5.66. The van der Waals surface area contributed by atoms with Gasteiger partial charge in [-0.1, -0.05) is 20.3 Å². The molecule has 82 valence electrons. The predicted molar refractivity (Wildman–Crippen MR) is 58.0 cm³/mol. The molecular weight excluding hydrogens is 176 g/mol. The van der Waals surface area contributed by atoms with Crippen LogP contribution in [0.1, 0.15) is 33.6 Å². The van der Waals surface area contributed by atoms with Gasteiger partial charge >= 0.3 is 0 Å². The molecule has 0 bridgehead atoms. The monoisotopic (exact) mass is 198 g/mol. The maximum atomic E-state index is 11.7. The van der Waals surface area contributed by atoms with Gasteiger partial charge in [0.05, 0.1) is 5.92 Å². The molecule has 2 N–H and O–H groups in total. The van der Waals surface area contributed by atoms with Gasteiger partial charge in [-0.05, 0) is 25.8 Å². The van der Waals surface area contributed by atoms with Gasteiger partial charge in [-0.25, -0.2) is 0 Å². The van der Waals surface area contributed by atoms with Gasteiger partial charge in [-0.15, -0.1) is 0 Å². The Morgan fingerprint density at radius 3 is 2.79 bits per heavy atom. The molecule has 0 spiro atoms. The van der Waals surface area contributed by atoms with E-state index < -0.39 is 0 Å². The van der Waals surface area contributed by atoms with E-state index in [1.807, 2.05) is 0 Å². The molecule has 3 unspecified atom stereocenters. The molecule has 3 heteroatoms. The maximum Gasteiger partial charge on any atom is 0.224 e. The molecule has 1 aliphatic heterocycles. The molecule has 1 saturated heterocycles. The molecule has 0 aromatic rings. The summed E-state index contributed by atoms with van der Waals surface area (Å²) in [4.78, 5) is 11.7. The van der Waals surface area contributed by atoms with Crippen LogP contribution in [0.3, 0.4) is 0 Å². The zero-order valence-corrected chi connectivity index (χ0v) is 9.47. The Labute approximate surface area is 86.6 Å². The molecule has 3 nitrogen and oxygen atoms in total. The van der Waals surface area contributed by atoms with Crippen LogP contribution in [0.5, 0.6) is 0 Å². The predicted octanol–water partition coefficient (Wildman–Crippen LogP) is 1.15. The van der Waals surface area contributed by atoms with E-state index in [1.54, 1.807) is 0 Å². The first kappa shape index (κ1) is 11.5. The summed E-state index contributed by atoms with van der Waals surface area (Å²) in [5, 5.41) is 6.30. The number of amides is 1. The summed E-state index contributed by atoms with van der Waals surface area (Å²) in [5.74, 6) is 0.984. The molecule has 1 rings (SSSR count). The van der Waals surface area contributed by atoms with Crippen molar-refractivity contribution in [1.29, 1.82) is 0 Å². The molecule has 0 saturated carbocycles. The standard InChI is InChI=1S/C11H22N2O/c1-4-8(2)9(3)13-11(14)10-5-6-12-7-10/h8-10,12H,4-7H2,1-3H3,(H,13,14). The van der Waals surface area contributed by atoms with E-state index in [9.17, 15) is 4.79 Å². The van der Waals surface area contributed by atoms with Crippen molar-refractivity contribution in [3.8, 4) is 0 Å². The molecule has 0 aromatic heterocycles. The molecular formula is C11H22N2O. The van der Waals surface area contributed by atoms with Crippen LogP contribution in [0.15, 0.2) is 0 Å². The van der Waals surface area contributed by atoms with E-state index >= 15 is 0 Å². The van der Waals surface area contributed by atoms with E-state index in [1.165, 1.54) is 0 Å². The molecule has 1 heterocycles. The summed E-state index contributed by atoms with van der Waals surface area (Å²) in [6.07, 6.45) is 2.10. The third-order valence-corrected chi connectivity index (χ3v) is 3.30. The van der Waals surface area contributed by atoms with Gasteiger partial charge in [0.2, 0.25) is 5.91 Å². The lowest BCUT2D eigenvalue weighted by atomic mass is 9.99. The summed E-state index contributed by atoms with van der Waals surface area (Å²) >= 11 is 0. The molecule has 1 amide bonds. The summed E-state index contributed by atoms with van der Waals surface area (Å²) in [7, 11) is 0. The minimum Gasteiger partial charge on any atom is -0.353 e. The topological polar surface area (TPSA) is 41.1 Å². The number of hydrogen-bond acceptors (Lipinski definition) is 2. The lowest BCUT2D eigenvalue weighted by Gasteiger charge is -2.21. The molecule has 1 aliphatic rings. The minimum atomic E-state index is 0.196. The van der Waals surface area contributed by atoms with Crippen LogP contribution in [0.25, 0.3) is 0 Å². The normalized spacial score (nSPS) is 25.8. The van der Waals surface area contributed by atoms with Crippen molar-refractivity contribution >= 4 is 5.91 Å². The molecule has 0 aromatic carbocycles. The van der Waals surface area contributed by atoms with Crippen molar-refractivity contribution in [2.75, 3.05) is 13.1 Å². The fourth-order valence-electron chi connectivity index (χ4n) is 1.72. The summed E-state index contributed by atoms with van der Waals surface area (Å²) in [5.41, 5.74) is 0. The molecule has 3 atom stereocenters. The fraction of sp³-hybridized carbons (Fsp3) is 0.909. The van der Waals surface area contributed by atoms with Gasteiger partial charge in [0.25, 0.3) is 0 Å². The summed E-state index contributed by atoms with van der Waals surface area (Å²) < 4.78 is 0. The first-order valence-corrected chi connectivity index (χ1v) is 5.66. The van der Waals surface area contributed by atoms with Crippen molar-refractivity contribution in [3.63, 3.8) is 0 Å². The van der Waals surface area contributed by atoms with Gasteiger partial charge in [0.15, 0.2) is 0 Å². The Morgan fingerprint density at radius 1 is 1.57 bits per heavy atom. The number of carbonyl (C=O) groups is 1. The Bertz CT molecular complexity index is 188. The highest BCUT2D eigenvalue weighted by molar-refractivity contribution is 5.79. The second kappa shape index (κ2) is 5.35. The van der Waals surface area contributed by atoms with Crippen molar-refractivity contribution in [2.45, 2.75) is 39.7 Å². The van der Waals surface area contributed by atoms with Gasteiger partial charge in [-0.2, -0.15) is 0 Å². The van der Waals surface area contributed by atoms with Gasteiger partial charge in [-0.3, -0.25) is 4.79 Å². The number of rotatable bonds is 4. The van der Waals surface area contributed by atoms with Crippen molar-refractivity contribution in [1.82, 2.24) is 10.6 Å². The van der Waals surface area contributed by atoms with Crippen LogP contribution in [0, 0.1) is 11.8 Å². The summed E-state index contributed by atoms with van der Waals surface area (Å²) in [6, 6.07) is 0.299. The largest absolute Gasteiger partial charge is 0.353 e. The van der Waals surface area contributed by atoms with Crippen molar-refractivity contribution in [2.24, 2.45) is 11.8 Å². The Balaban J connectivity index is 2.31. The highest BCUT2D eigenvalue weighted by atomic mass is 16.2. The van der Waals surface area contributed by atoms with Crippen molar-refractivity contribution < 1.29 is 4.79 Å². The Kier molecular flexibility index (Phi) is 4.39. The lowest BCUT2D eigenvalue weighted by Crippen LogP contribution is -2.41. The second-order valence-electron chi connectivity index (χ2n) is 4.37. The molecule has 14 heavy (non-hydrogen) atoms. The molecule has 0 aliphatic carbocycles. The number of carbonyl (C=O) groups excluding carboxylic acids is 1. The van der Waals surface area contributed by atoms with Crippen LogP contribution in [0.2, 0.25) is 0 Å². The van der Waals surface area contributed by atoms with Crippen molar-refractivity contribution in [3.05, 3.63) is 0 Å². The maximum absolute atomic E-state index is 11.7. The van der Waals surface area contributed by atoms with Crippen LogP contribution in [-0.2, 0) is 4.79 Å². The summed E-state index contributed by atoms with van der Waals surface area (Å²) in [6.45, 7) is 8.26. The van der Waals surface area contributed by atoms with Crippen LogP contribution < -0.4 is 10.6 Å². The van der Waals surface area contributed by atoms with E-state index in [-0.39, 0.29) is 11.8 Å². The second-order valence-corrected chi connectivity index (χ2v) is 4.37. The Morgan fingerprint density at radius 2 is 2.29 bits per heavy atom. The van der Waals surface area contributed by atoms with Crippen LogP contribution in [0.4, 0.5) is 0 Å². The quantitative estimate of drug-likeness (QED) is 0.711. The minimum absolute atomic E-state index is 0.196. The SMILES string of the molecule is CCC(C)C(C)NC(=O)C1CCNC1. The smallest absolute Gasteiger partial charge is 0.224 e. The van der Waals surface area contributed by atoms with E-state index in [4.69, 9.17) is 0 Å². The van der Waals surface area contributed by atoms with Crippen LogP contribution >= 0.6 is 0 Å². The molecule has 0 radical (unpaired) electrons. The Hall–Kier alpha value is -0.570. The zero-order chi connectivity index (χ0) is 10.6. The van der Waals surface area contributed by atoms with E-state index in [0.29, 0.717) is 12.0 Å². The molecule has 1 fully saturated rings. The number of hydrogen-bond donors (Lipinski definition) is 2. The van der Waals surface area contributed by atoms with E-state index in [0.717, 1.165) is 25.9 Å². The average Bonchev–Trinajstić information content (AvgIpc) is 2.69. The highest BCUT2D eigenvalue weighted by Crippen LogP contribution is 2.11. The lowest BCUT2D eigenvalue weighted by molar-refractivity contribution is -0.125. The third kappa shape index (κ3) is 2.98. The zero-order valence-electron chi connectivity index (χ0n) is 9.47. The van der Waals surface area contributed by atoms with E-state index in [2.05, 4.69) is 31.4 Å². The fourth-order valence-corrected chi connectivity index (χ4v) is 1.72.